The summed E-state index contributed by atoms with van der Waals surface area (Å²) in [5.74, 6) is 1.21. The molecule has 0 bridgehead atoms. The quantitative estimate of drug-likeness (QED) is 0.680. The molecule has 1 aliphatic rings. The lowest BCUT2D eigenvalue weighted by Crippen LogP contribution is -2.44. The first kappa shape index (κ1) is 20.8. The third kappa shape index (κ3) is 4.74. The van der Waals surface area contributed by atoms with Gasteiger partial charge >= 0.3 is 0 Å². The fraction of sp³-hybridized carbons (Fsp3) is 0.600. The van der Waals surface area contributed by atoms with Crippen LogP contribution in [0.1, 0.15) is 20.3 Å². The summed E-state index contributed by atoms with van der Waals surface area (Å²) in [6.07, 6.45) is 0.891. The van der Waals surface area contributed by atoms with Crippen molar-refractivity contribution >= 4 is 23.1 Å². The number of fused-ring (bicyclic) bond motifs is 1. The topological polar surface area (TPSA) is 62.7 Å². The van der Waals surface area contributed by atoms with Crippen LogP contribution in [-0.4, -0.2) is 72.3 Å². The fourth-order valence-electron chi connectivity index (χ4n) is 3.52. The molecule has 8 heteroatoms. The van der Waals surface area contributed by atoms with E-state index in [-0.39, 0.29) is 5.56 Å². The van der Waals surface area contributed by atoms with Gasteiger partial charge in [-0.3, -0.25) is 9.36 Å². The van der Waals surface area contributed by atoms with Crippen molar-refractivity contribution in [2.75, 3.05) is 53.0 Å². The predicted molar refractivity (Wildman–Crippen MR) is 114 cm³/mol. The van der Waals surface area contributed by atoms with Crippen LogP contribution in [0.25, 0.3) is 10.9 Å². The summed E-state index contributed by atoms with van der Waals surface area (Å²) in [7, 11) is 2.15. The minimum atomic E-state index is -0.0823. The van der Waals surface area contributed by atoms with E-state index in [1.54, 1.807) is 16.7 Å². The third-order valence-electron chi connectivity index (χ3n) is 5.10. The second kappa shape index (κ2) is 9.54. The summed E-state index contributed by atoms with van der Waals surface area (Å²) in [6.45, 7) is 10.8. The lowest BCUT2D eigenvalue weighted by Gasteiger charge is -2.32. The molecular formula is C20H30N4O3S. The zero-order chi connectivity index (χ0) is 20.1. The second-order valence-electron chi connectivity index (χ2n) is 7.10. The van der Waals surface area contributed by atoms with Gasteiger partial charge in [0.25, 0.3) is 5.56 Å². The zero-order valence-corrected chi connectivity index (χ0v) is 17.8. The van der Waals surface area contributed by atoms with Crippen LogP contribution in [-0.2, 0) is 6.54 Å². The Labute approximate surface area is 170 Å². The van der Waals surface area contributed by atoms with Gasteiger partial charge in [-0.15, -0.1) is 0 Å². The molecule has 1 saturated heterocycles. The first-order chi connectivity index (χ1) is 13.5. The number of hydrogen-bond donors (Lipinski definition) is 1. The number of piperazine rings is 1. The Bertz CT molecular complexity index is 916. The molecule has 154 valence electrons. The van der Waals surface area contributed by atoms with Gasteiger partial charge in [-0.2, -0.15) is 0 Å². The number of nitrogens with zero attached hydrogens (tertiary/aromatic N) is 3. The van der Waals surface area contributed by atoms with Crippen LogP contribution in [0.15, 0.2) is 16.9 Å². The Morgan fingerprint density at radius 2 is 1.68 bits per heavy atom. The highest BCUT2D eigenvalue weighted by molar-refractivity contribution is 7.71. The molecular weight excluding hydrogens is 376 g/mol. The minimum absolute atomic E-state index is 0.0823. The molecule has 1 fully saturated rings. The Morgan fingerprint density at radius 3 is 2.32 bits per heavy atom. The first-order valence-corrected chi connectivity index (χ1v) is 10.4. The molecule has 0 aliphatic carbocycles. The van der Waals surface area contributed by atoms with Gasteiger partial charge in [0, 0.05) is 38.8 Å². The summed E-state index contributed by atoms with van der Waals surface area (Å²) >= 11 is 5.46. The molecule has 28 heavy (non-hydrogen) atoms. The Hall–Kier alpha value is -1.90. The summed E-state index contributed by atoms with van der Waals surface area (Å²) in [5, 5.41) is 0.570. The Balaban J connectivity index is 1.81. The van der Waals surface area contributed by atoms with E-state index < -0.39 is 0 Å². The number of ether oxygens (including phenoxy) is 2. The molecule has 3 rings (SSSR count). The number of likely N-dealkylation sites (N-methyl/N-ethyl adjacent to an activating group) is 1. The molecule has 2 heterocycles. The number of rotatable bonds is 8. The SMILES string of the molecule is CCOc1cc2[nH]c(=S)n(CCCN3CCN(C)CC3)c(=O)c2cc1OCC. The highest BCUT2D eigenvalue weighted by atomic mass is 32.1. The number of nitrogens with one attached hydrogen (secondary N) is 1. The predicted octanol–water partition coefficient (Wildman–Crippen LogP) is 2.49. The molecule has 0 saturated carbocycles. The van der Waals surface area contributed by atoms with Gasteiger partial charge in [-0.25, -0.2) is 0 Å². The van der Waals surface area contributed by atoms with Crippen LogP contribution in [0.5, 0.6) is 11.5 Å². The lowest BCUT2D eigenvalue weighted by molar-refractivity contribution is 0.151. The second-order valence-corrected chi connectivity index (χ2v) is 7.48. The maximum Gasteiger partial charge on any atom is 0.262 e. The van der Waals surface area contributed by atoms with E-state index in [0.717, 1.165) is 39.1 Å². The standard InChI is InChI=1S/C20H30N4O3S/c1-4-26-17-13-15-16(14-18(17)27-5-2)21-20(28)24(19(15)25)8-6-7-23-11-9-22(3)10-12-23/h13-14H,4-12H2,1-3H3,(H,21,28). The van der Waals surface area contributed by atoms with Crippen molar-refractivity contribution in [3.63, 3.8) is 0 Å². The van der Waals surface area contributed by atoms with Gasteiger partial charge in [0.05, 0.1) is 24.1 Å². The smallest absolute Gasteiger partial charge is 0.262 e. The molecule has 7 nitrogen and oxygen atoms in total. The molecule has 2 aromatic rings. The molecule has 0 spiro atoms. The first-order valence-electron chi connectivity index (χ1n) is 10.0. The Morgan fingerprint density at radius 1 is 1.04 bits per heavy atom. The minimum Gasteiger partial charge on any atom is -0.490 e. The number of aromatic nitrogens is 2. The summed E-state index contributed by atoms with van der Waals surface area (Å²) in [4.78, 5) is 21.0. The lowest BCUT2D eigenvalue weighted by atomic mass is 10.2. The van der Waals surface area contributed by atoms with E-state index >= 15 is 0 Å². The molecule has 1 aliphatic heterocycles. The summed E-state index contributed by atoms with van der Waals surface area (Å²) in [5.41, 5.74) is 0.596. The van der Waals surface area contributed by atoms with Crippen LogP contribution >= 0.6 is 12.2 Å². The van der Waals surface area contributed by atoms with Crippen LogP contribution in [0.3, 0.4) is 0 Å². The van der Waals surface area contributed by atoms with Gasteiger partial charge in [0.15, 0.2) is 16.3 Å². The average Bonchev–Trinajstić information content (AvgIpc) is 2.67. The van der Waals surface area contributed by atoms with E-state index in [4.69, 9.17) is 21.7 Å². The molecule has 0 unspecified atom stereocenters. The third-order valence-corrected chi connectivity index (χ3v) is 5.42. The molecule has 1 aromatic heterocycles. The molecule has 0 atom stereocenters. The normalized spacial score (nSPS) is 15.8. The van der Waals surface area contributed by atoms with Crippen molar-refractivity contribution in [1.82, 2.24) is 19.4 Å². The van der Waals surface area contributed by atoms with Crippen molar-refractivity contribution in [2.24, 2.45) is 0 Å². The van der Waals surface area contributed by atoms with Crippen LogP contribution in [0, 0.1) is 4.77 Å². The highest BCUT2D eigenvalue weighted by Gasteiger charge is 2.15. The average molecular weight is 407 g/mol. The van der Waals surface area contributed by atoms with E-state index in [0.29, 0.717) is 46.9 Å². The number of H-pyrrole nitrogens is 1. The van der Waals surface area contributed by atoms with Crippen LogP contribution in [0.2, 0.25) is 0 Å². The van der Waals surface area contributed by atoms with E-state index in [2.05, 4.69) is 21.8 Å². The largest absolute Gasteiger partial charge is 0.490 e. The maximum absolute atomic E-state index is 13.1. The van der Waals surface area contributed by atoms with Crippen LogP contribution in [0.4, 0.5) is 0 Å². The van der Waals surface area contributed by atoms with Crippen molar-refractivity contribution in [1.29, 1.82) is 0 Å². The van der Waals surface area contributed by atoms with Crippen molar-refractivity contribution in [2.45, 2.75) is 26.8 Å². The van der Waals surface area contributed by atoms with Crippen molar-refractivity contribution in [3.8, 4) is 11.5 Å². The van der Waals surface area contributed by atoms with E-state index in [9.17, 15) is 4.79 Å². The fourth-order valence-corrected chi connectivity index (χ4v) is 3.81. The molecule has 0 radical (unpaired) electrons. The van der Waals surface area contributed by atoms with Gasteiger partial charge in [0.1, 0.15) is 0 Å². The van der Waals surface area contributed by atoms with E-state index in [1.165, 1.54) is 0 Å². The number of benzene rings is 1. The maximum atomic E-state index is 13.1. The number of aromatic amines is 1. The van der Waals surface area contributed by atoms with E-state index in [1.807, 2.05) is 13.8 Å². The highest BCUT2D eigenvalue weighted by Crippen LogP contribution is 2.30. The molecule has 1 aromatic carbocycles. The molecule has 0 amide bonds. The number of hydrogen-bond acceptors (Lipinski definition) is 6. The monoisotopic (exact) mass is 406 g/mol. The van der Waals surface area contributed by atoms with Gasteiger partial charge in [-0.1, -0.05) is 0 Å². The Kier molecular flexibility index (Phi) is 7.09. The van der Waals surface area contributed by atoms with Gasteiger partial charge in [0.2, 0.25) is 0 Å². The summed E-state index contributed by atoms with van der Waals surface area (Å²) in [6, 6.07) is 3.56. The van der Waals surface area contributed by atoms with Gasteiger partial charge < -0.3 is 24.3 Å². The van der Waals surface area contributed by atoms with Gasteiger partial charge in [-0.05, 0) is 52.1 Å². The van der Waals surface area contributed by atoms with Crippen molar-refractivity contribution in [3.05, 3.63) is 27.3 Å². The molecule has 1 N–H and O–H groups in total. The zero-order valence-electron chi connectivity index (χ0n) is 17.0. The van der Waals surface area contributed by atoms with Crippen molar-refractivity contribution < 1.29 is 9.47 Å². The van der Waals surface area contributed by atoms with Crippen LogP contribution < -0.4 is 15.0 Å². The summed E-state index contributed by atoms with van der Waals surface area (Å²) < 4.78 is 13.4.